The molecule has 0 radical (unpaired) electrons. The summed E-state index contributed by atoms with van der Waals surface area (Å²) >= 11 is 0. The molecule has 92 heavy (non-hydrogen) atoms. The number of hydrogen-bond acceptors (Lipinski definition) is 14. The van der Waals surface area contributed by atoms with Gasteiger partial charge in [0.05, 0.1) is 69.6 Å². The average molecular weight is 1330 g/mol. The van der Waals surface area contributed by atoms with Gasteiger partial charge in [0.15, 0.2) is 0 Å². The largest absolute Gasteiger partial charge is 2.00 e. The Hall–Kier alpha value is -10.3. The van der Waals surface area contributed by atoms with Gasteiger partial charge in [-0.25, -0.2) is 29.9 Å². The second-order valence-electron chi connectivity index (χ2n) is 20.9. The van der Waals surface area contributed by atoms with Crippen molar-refractivity contribution in [3.8, 4) is 22.5 Å². The summed E-state index contributed by atoms with van der Waals surface area (Å²) in [4.78, 5) is 105. The third-order valence-electron chi connectivity index (χ3n) is 15.1. The predicted molar refractivity (Wildman–Crippen MR) is 345 cm³/mol. The minimum atomic E-state index is -0.431. The quantitative estimate of drug-likeness (QED) is 0.0250. The summed E-state index contributed by atoms with van der Waals surface area (Å²) in [6, 6.07) is 15.1. The van der Waals surface area contributed by atoms with Gasteiger partial charge < -0.3 is 48.0 Å². The molecule has 450 valence electrons. The summed E-state index contributed by atoms with van der Waals surface area (Å²) in [5.41, 5.74) is 13.4. The van der Waals surface area contributed by atoms with E-state index in [0.29, 0.717) is 134 Å². The van der Waals surface area contributed by atoms with Gasteiger partial charge in [0.25, 0.3) is 0 Å². The van der Waals surface area contributed by atoms with E-state index >= 15 is 0 Å². The van der Waals surface area contributed by atoms with Gasteiger partial charge in [-0.05, 0) is 108 Å². The minimum Gasteiger partial charge on any atom is -0.657 e. The molecule has 20 nitrogen and oxygen atoms in total. The molecule has 0 unspecified atom stereocenters. The summed E-state index contributed by atoms with van der Waals surface area (Å²) < 4.78 is 25.6. The number of rotatable bonds is 23. The average Bonchev–Trinajstić information content (AvgIpc) is 1.63. The molecule has 0 aliphatic carbocycles. The van der Waals surface area contributed by atoms with Crippen LogP contribution < -0.4 is 19.9 Å². The molecular weight excluding hydrogens is 1270 g/mol. The van der Waals surface area contributed by atoms with E-state index in [1.807, 2.05) is 119 Å². The second kappa shape index (κ2) is 29.6. The number of nitrogens with zero attached hydrogens (tertiary/aromatic N) is 12. The van der Waals surface area contributed by atoms with E-state index in [-0.39, 0.29) is 117 Å². The molecule has 16 bridgehead atoms. The number of carbonyl (C=O) groups excluding carboxylic acids is 4. The Morgan fingerprint density at radius 2 is 0.630 bits per heavy atom. The molecule has 12 heterocycles. The van der Waals surface area contributed by atoms with Crippen LogP contribution in [0.2, 0.25) is 0 Å². The maximum Gasteiger partial charge on any atom is 2.00 e. The summed E-state index contributed by atoms with van der Waals surface area (Å²) in [5, 5.41) is 0. The fourth-order valence-electron chi connectivity index (χ4n) is 11.0. The van der Waals surface area contributed by atoms with Crippen LogP contribution in [-0.4, -0.2) is 89.3 Å². The maximum absolute atomic E-state index is 13.3. The number of imidazole rings is 2. The minimum absolute atomic E-state index is 0. The van der Waals surface area contributed by atoms with E-state index in [1.165, 1.54) is 24.3 Å². The Morgan fingerprint density at radius 3 is 0.924 bits per heavy atom. The van der Waals surface area contributed by atoms with E-state index in [4.69, 9.17) is 58.8 Å². The Labute approximate surface area is 553 Å². The van der Waals surface area contributed by atoms with Crippen LogP contribution in [-0.2, 0) is 103 Å². The van der Waals surface area contributed by atoms with Crippen molar-refractivity contribution in [2.45, 2.75) is 51.4 Å². The third-order valence-corrected chi connectivity index (χ3v) is 15.1. The number of carbonyl (C=O) groups is 4. The van der Waals surface area contributed by atoms with E-state index in [9.17, 15) is 19.2 Å². The molecule has 8 aromatic heterocycles. The summed E-state index contributed by atoms with van der Waals surface area (Å²) in [5.74, 6) is -1.72. The van der Waals surface area contributed by atoms with Gasteiger partial charge in [0.2, 0.25) is 0 Å². The molecule has 0 amide bonds. The van der Waals surface area contributed by atoms with Gasteiger partial charge >= 0.3 is 62.8 Å². The Bertz CT molecular complexity index is 4350. The van der Waals surface area contributed by atoms with Crippen molar-refractivity contribution in [2.75, 3.05) is 26.4 Å². The molecule has 0 aromatic carbocycles. The van der Waals surface area contributed by atoms with Gasteiger partial charge in [0.1, 0.15) is 26.4 Å². The number of fused-ring (bicyclic) bond motifs is 16. The van der Waals surface area contributed by atoms with E-state index in [2.05, 4.69) is 36.3 Å². The first-order chi connectivity index (χ1) is 44.1. The van der Waals surface area contributed by atoms with E-state index in [0.717, 1.165) is 0 Å². The zero-order valence-electron chi connectivity index (χ0n) is 50.4. The van der Waals surface area contributed by atoms with Gasteiger partial charge in [-0.3, -0.25) is 19.2 Å². The van der Waals surface area contributed by atoms with Crippen molar-refractivity contribution >= 4 is 117 Å². The van der Waals surface area contributed by atoms with Crippen LogP contribution in [0.15, 0.2) is 137 Å². The van der Waals surface area contributed by atoms with Gasteiger partial charge in [-0.15, -0.1) is 44.1 Å². The molecule has 4 aliphatic heterocycles. The number of aryl methyl sites for hydroxylation is 4. The molecule has 0 saturated carbocycles. The topological polar surface area (TPSA) is 249 Å². The molecule has 0 fully saturated rings. The first kappa shape index (κ1) is 64.7. The van der Waals surface area contributed by atoms with Crippen molar-refractivity contribution in [3.63, 3.8) is 0 Å². The number of aromatic nitrogens is 12. The Morgan fingerprint density at radius 1 is 0.370 bits per heavy atom. The smallest absolute Gasteiger partial charge is 0.657 e. The normalized spacial score (nSPS) is 11.8. The molecule has 0 spiro atoms. The van der Waals surface area contributed by atoms with Crippen LogP contribution in [0.25, 0.3) is 115 Å². The van der Waals surface area contributed by atoms with Crippen LogP contribution in [0.1, 0.15) is 93.5 Å². The van der Waals surface area contributed by atoms with Crippen molar-refractivity contribution in [3.05, 3.63) is 204 Å². The van der Waals surface area contributed by atoms with Crippen molar-refractivity contribution < 1.29 is 77.1 Å². The summed E-state index contributed by atoms with van der Waals surface area (Å²) in [7, 11) is 0. The monoisotopic (exact) mass is 1320 g/mol. The SMILES string of the molecule is C=CCOC(=O)CCc1c2nc(c(-n3ccnc3)c3ccc([n-]3)c(CCC(=O)OCC=C)c3nc(c(-c4c5nc(c(CCC(=O)OCC=C)c6ccc([n-]6)c(-n6ccnc6)c6nc(c(CCC(=O)OCC=C)c7ccc4[n-]7)C=C6)C=C5)c4ccc1[n-]4)C=C3)C=C2.[Zn+2].[Zn+2]. The number of ether oxygens (including phenoxy) is 4. The molecule has 0 saturated heterocycles. The van der Waals surface area contributed by atoms with Gasteiger partial charge in [-0.1, -0.05) is 99.2 Å². The third kappa shape index (κ3) is 14.0. The first-order valence-electron chi connectivity index (χ1n) is 29.2. The molecule has 22 heteroatoms. The Balaban J connectivity index is 0.00000464. The fraction of sp³-hybridized carbons (Fsp3) is 0.171. The molecule has 12 rings (SSSR count). The molecular formula is C70H58N12O8Zn2. The van der Waals surface area contributed by atoms with Crippen molar-refractivity contribution in [2.24, 2.45) is 0 Å². The molecule has 8 aromatic rings. The first-order valence-corrected chi connectivity index (χ1v) is 29.2. The fourth-order valence-corrected chi connectivity index (χ4v) is 11.0. The number of hydrogen-bond donors (Lipinski definition) is 0. The Kier molecular flexibility index (Phi) is 20.8. The van der Waals surface area contributed by atoms with Crippen LogP contribution in [0.3, 0.4) is 0 Å². The number of esters is 4. The van der Waals surface area contributed by atoms with E-state index in [1.54, 1.807) is 25.0 Å². The summed E-state index contributed by atoms with van der Waals surface area (Å²) in [6.45, 7) is 15.1. The van der Waals surface area contributed by atoms with Crippen molar-refractivity contribution in [1.29, 1.82) is 0 Å². The molecule has 0 N–H and O–H groups in total. The van der Waals surface area contributed by atoms with Crippen LogP contribution in [0, 0.1) is 0 Å². The zero-order chi connectivity index (χ0) is 62.1. The predicted octanol–water partition coefficient (Wildman–Crippen LogP) is 10.8. The molecule has 4 aliphatic rings. The zero-order valence-corrected chi connectivity index (χ0v) is 56.3. The van der Waals surface area contributed by atoms with Crippen LogP contribution in [0.4, 0.5) is 0 Å². The maximum atomic E-state index is 13.3. The van der Waals surface area contributed by atoms with Crippen LogP contribution >= 0.6 is 0 Å². The van der Waals surface area contributed by atoms with Gasteiger partial charge in [0, 0.05) is 50.5 Å². The molecule has 0 atom stereocenters. The van der Waals surface area contributed by atoms with E-state index < -0.39 is 23.9 Å². The second-order valence-corrected chi connectivity index (χ2v) is 20.9. The van der Waals surface area contributed by atoms with Crippen molar-refractivity contribution in [1.82, 2.24) is 59.0 Å². The summed E-state index contributed by atoms with van der Waals surface area (Å²) in [6.07, 6.45) is 32.3. The standard InChI is InChI=1S/C70H58N12O8.2Zn/c1-5-37-87-63(83)29-9-43-47-13-21-55(73-47)67(56-22-14-48(74-56)44(10-30-64(84)88-38-6-2)52-18-26-60(78-52)69(81-35-33-71-41-81)59-25-17-51(43)77-59)68-57-23-15-49(75-57)45(11-31-65(85)89-39-7-3)53-19-27-61(79-53)70(82-36-34-72-42-82)62-28-20-54(80-62)46(50-16-24-58(68)76-50)12-32-66(86)90-40-8-4;;/h5-8,13-28,33-36,41-42H,1-4,9-12,29-32,37-40H2;;/q-4;2*+2. The van der Waals surface area contributed by atoms with Gasteiger partial charge in [-0.2, -0.15) is 0 Å². The van der Waals surface area contributed by atoms with Crippen LogP contribution in [0.5, 0.6) is 0 Å².